The summed E-state index contributed by atoms with van der Waals surface area (Å²) in [7, 11) is 5.40. The van der Waals surface area contributed by atoms with Crippen LogP contribution in [-0.4, -0.2) is 21.2 Å². The van der Waals surface area contributed by atoms with E-state index in [1.165, 1.54) is 0 Å². The van der Waals surface area contributed by atoms with Gasteiger partial charge in [0.1, 0.15) is 0 Å². The molecule has 0 saturated heterocycles. The number of pyridine rings is 1. The van der Waals surface area contributed by atoms with Crippen LogP contribution in [0.4, 0.5) is 0 Å². The van der Waals surface area contributed by atoms with Crippen molar-refractivity contribution in [1.29, 1.82) is 0 Å². The molecule has 5 rings (SSSR count). The van der Waals surface area contributed by atoms with E-state index in [9.17, 15) is 4.79 Å². The van der Waals surface area contributed by atoms with E-state index < -0.39 is 5.60 Å². The third kappa shape index (κ3) is 3.86. The Kier molecular flexibility index (Phi) is 6.01. The summed E-state index contributed by atoms with van der Waals surface area (Å²) in [5.41, 5.74) is 3.80. The molecule has 0 radical (unpaired) electrons. The Morgan fingerprint density at radius 1 is 0.886 bits per heavy atom. The van der Waals surface area contributed by atoms with Gasteiger partial charge in [-0.1, -0.05) is 53.5 Å². The van der Waals surface area contributed by atoms with Crippen LogP contribution < -0.4 is 5.56 Å². The number of benzene rings is 3. The van der Waals surface area contributed by atoms with Crippen molar-refractivity contribution in [2.75, 3.05) is 7.11 Å². The summed E-state index contributed by atoms with van der Waals surface area (Å²) >= 11 is 12.4. The van der Waals surface area contributed by atoms with E-state index in [4.69, 9.17) is 27.9 Å². The standard InChI is InChI=1S/C28H23Cl2N3O2/c1-32-17-31-16-26(32)28(35-3,20-7-10-22(29)11-8-20)21-9-12-25-19(13-21)15-24(27(34)33(25)2)18-5-4-6-23(30)14-18/h4-17H,1-3H3. The molecule has 0 saturated carbocycles. The van der Waals surface area contributed by atoms with Crippen LogP contribution in [-0.2, 0) is 24.4 Å². The molecule has 35 heavy (non-hydrogen) atoms. The van der Waals surface area contributed by atoms with E-state index in [0.29, 0.717) is 15.6 Å². The van der Waals surface area contributed by atoms with E-state index in [2.05, 4.69) is 11.1 Å². The third-order valence-corrected chi connectivity index (χ3v) is 6.99. The second kappa shape index (κ2) is 9.00. The summed E-state index contributed by atoms with van der Waals surface area (Å²) in [5.74, 6) is 0. The molecular weight excluding hydrogens is 481 g/mol. The predicted molar refractivity (Wildman–Crippen MR) is 141 cm³/mol. The van der Waals surface area contributed by atoms with Crippen LogP contribution in [0.25, 0.3) is 22.0 Å². The second-order valence-corrected chi connectivity index (χ2v) is 9.36. The van der Waals surface area contributed by atoms with Gasteiger partial charge in [0.2, 0.25) is 0 Å². The first kappa shape index (κ1) is 23.4. The molecule has 1 atom stereocenters. The first-order valence-electron chi connectivity index (χ1n) is 11.0. The number of aryl methyl sites for hydroxylation is 2. The largest absolute Gasteiger partial charge is 0.362 e. The Morgan fingerprint density at radius 2 is 1.63 bits per heavy atom. The van der Waals surface area contributed by atoms with E-state index in [-0.39, 0.29) is 5.56 Å². The summed E-state index contributed by atoms with van der Waals surface area (Å²) < 4.78 is 9.93. The first-order valence-corrected chi connectivity index (χ1v) is 11.8. The average Bonchev–Trinajstić information content (AvgIpc) is 3.29. The number of fused-ring (bicyclic) bond motifs is 1. The number of methoxy groups -OCH3 is 1. The maximum atomic E-state index is 13.2. The molecule has 0 aliphatic heterocycles. The minimum absolute atomic E-state index is 0.0881. The number of aromatic nitrogens is 3. The Bertz CT molecular complexity index is 1610. The minimum Gasteiger partial charge on any atom is -0.362 e. The molecule has 0 bridgehead atoms. The molecule has 2 heterocycles. The maximum Gasteiger partial charge on any atom is 0.258 e. The summed E-state index contributed by atoms with van der Waals surface area (Å²) in [4.78, 5) is 17.5. The monoisotopic (exact) mass is 503 g/mol. The fraction of sp³-hybridized carbons (Fsp3) is 0.143. The average molecular weight is 504 g/mol. The lowest BCUT2D eigenvalue weighted by molar-refractivity contribution is 0.0525. The quantitative estimate of drug-likeness (QED) is 0.287. The van der Waals surface area contributed by atoms with Gasteiger partial charge in [-0.05, 0) is 64.5 Å². The predicted octanol–water partition coefficient (Wildman–Crippen LogP) is 6.18. The van der Waals surface area contributed by atoms with Gasteiger partial charge in [0.25, 0.3) is 5.56 Å². The zero-order chi connectivity index (χ0) is 24.7. The number of rotatable bonds is 5. The molecule has 0 amide bonds. The van der Waals surface area contributed by atoms with Gasteiger partial charge in [-0.25, -0.2) is 4.98 Å². The maximum absolute atomic E-state index is 13.2. The molecule has 0 aliphatic rings. The molecule has 1 unspecified atom stereocenters. The van der Waals surface area contributed by atoms with Crippen molar-refractivity contribution >= 4 is 34.1 Å². The van der Waals surface area contributed by atoms with Gasteiger partial charge in [0.05, 0.1) is 23.7 Å². The van der Waals surface area contributed by atoms with Crippen LogP contribution in [0.2, 0.25) is 10.0 Å². The van der Waals surface area contributed by atoms with Crippen molar-refractivity contribution in [3.63, 3.8) is 0 Å². The number of hydrogen-bond acceptors (Lipinski definition) is 3. The molecule has 176 valence electrons. The highest BCUT2D eigenvalue weighted by atomic mass is 35.5. The summed E-state index contributed by atoms with van der Waals surface area (Å²) in [6.45, 7) is 0. The summed E-state index contributed by atoms with van der Waals surface area (Å²) in [5, 5.41) is 2.12. The van der Waals surface area contributed by atoms with Crippen LogP contribution in [0.5, 0.6) is 0 Å². The topological polar surface area (TPSA) is 49.1 Å². The Morgan fingerprint density at radius 3 is 2.29 bits per heavy atom. The van der Waals surface area contributed by atoms with Crippen LogP contribution in [0.15, 0.2) is 90.1 Å². The van der Waals surface area contributed by atoms with Crippen molar-refractivity contribution in [3.8, 4) is 11.1 Å². The van der Waals surface area contributed by atoms with Gasteiger partial charge in [0, 0.05) is 36.8 Å². The molecule has 7 heteroatoms. The fourth-order valence-corrected chi connectivity index (χ4v) is 5.06. The first-order chi connectivity index (χ1) is 16.8. The van der Waals surface area contributed by atoms with Crippen LogP contribution in [0.3, 0.4) is 0 Å². The zero-order valence-corrected chi connectivity index (χ0v) is 21.0. The molecule has 2 aromatic heterocycles. The summed E-state index contributed by atoms with van der Waals surface area (Å²) in [6.07, 6.45) is 3.56. The number of ether oxygens (including phenoxy) is 1. The van der Waals surface area contributed by atoms with Gasteiger partial charge in [0.15, 0.2) is 5.60 Å². The lowest BCUT2D eigenvalue weighted by Crippen LogP contribution is -2.33. The number of nitrogens with zero attached hydrogens (tertiary/aromatic N) is 3. The normalized spacial score (nSPS) is 13.2. The van der Waals surface area contributed by atoms with Crippen LogP contribution >= 0.6 is 23.2 Å². The molecule has 0 spiro atoms. The number of imidazole rings is 1. The molecule has 5 nitrogen and oxygen atoms in total. The van der Waals surface area contributed by atoms with Gasteiger partial charge in [-0.3, -0.25) is 4.79 Å². The molecule has 0 aliphatic carbocycles. The Balaban J connectivity index is 1.80. The Hall–Kier alpha value is -3.38. The lowest BCUT2D eigenvalue weighted by atomic mass is 9.82. The summed E-state index contributed by atoms with van der Waals surface area (Å²) in [6, 6.07) is 22.9. The Labute approximate surface area is 213 Å². The van der Waals surface area contributed by atoms with E-state index in [1.807, 2.05) is 66.2 Å². The van der Waals surface area contributed by atoms with Crippen LogP contribution in [0.1, 0.15) is 16.8 Å². The van der Waals surface area contributed by atoms with E-state index in [0.717, 1.165) is 33.3 Å². The van der Waals surface area contributed by atoms with Gasteiger partial charge in [-0.15, -0.1) is 0 Å². The van der Waals surface area contributed by atoms with Crippen molar-refractivity contribution < 1.29 is 4.74 Å². The SMILES string of the molecule is COC(c1ccc(Cl)cc1)(c1ccc2c(c1)cc(-c1cccc(Cl)c1)c(=O)n2C)c1cncn1C. The third-order valence-electron chi connectivity index (χ3n) is 6.50. The highest BCUT2D eigenvalue weighted by molar-refractivity contribution is 6.31. The second-order valence-electron chi connectivity index (χ2n) is 8.49. The lowest BCUT2D eigenvalue weighted by Gasteiger charge is -2.34. The molecule has 3 aromatic carbocycles. The van der Waals surface area contributed by atoms with Crippen molar-refractivity contribution in [3.05, 3.63) is 123 Å². The van der Waals surface area contributed by atoms with Crippen molar-refractivity contribution in [1.82, 2.24) is 14.1 Å². The van der Waals surface area contributed by atoms with Gasteiger partial charge < -0.3 is 13.9 Å². The fourth-order valence-electron chi connectivity index (χ4n) is 4.75. The molecular formula is C28H23Cl2N3O2. The smallest absolute Gasteiger partial charge is 0.258 e. The molecule has 0 fully saturated rings. The zero-order valence-electron chi connectivity index (χ0n) is 19.5. The van der Waals surface area contributed by atoms with E-state index in [1.54, 1.807) is 43.4 Å². The van der Waals surface area contributed by atoms with E-state index >= 15 is 0 Å². The van der Waals surface area contributed by atoms with Crippen molar-refractivity contribution in [2.24, 2.45) is 14.1 Å². The highest BCUT2D eigenvalue weighted by Crippen LogP contribution is 2.41. The number of hydrogen-bond donors (Lipinski definition) is 0. The van der Waals surface area contributed by atoms with Crippen molar-refractivity contribution in [2.45, 2.75) is 5.60 Å². The molecule has 5 aromatic rings. The molecule has 0 N–H and O–H groups in total. The number of halogens is 2. The van der Waals surface area contributed by atoms with Gasteiger partial charge >= 0.3 is 0 Å². The minimum atomic E-state index is -0.949. The van der Waals surface area contributed by atoms with Crippen LogP contribution in [0, 0.1) is 0 Å². The highest BCUT2D eigenvalue weighted by Gasteiger charge is 2.39. The van der Waals surface area contributed by atoms with Gasteiger partial charge in [-0.2, -0.15) is 0 Å².